The van der Waals surface area contributed by atoms with Crippen LogP contribution in [0.25, 0.3) is 0 Å². The van der Waals surface area contributed by atoms with Crippen molar-refractivity contribution in [2.24, 2.45) is 0 Å². The second kappa shape index (κ2) is 6.97. The number of methoxy groups -OCH3 is 1. The van der Waals surface area contributed by atoms with Crippen LogP contribution in [0.5, 0.6) is 0 Å². The number of amides is 1. The minimum absolute atomic E-state index is 0.0699. The van der Waals surface area contributed by atoms with Gasteiger partial charge >= 0.3 is 0 Å². The summed E-state index contributed by atoms with van der Waals surface area (Å²) in [5, 5.41) is 12.9. The van der Waals surface area contributed by atoms with Crippen LogP contribution in [0.4, 0.5) is 0 Å². The maximum Gasteiger partial charge on any atom is 0.247 e. The molecule has 1 N–H and O–H groups in total. The highest BCUT2D eigenvalue weighted by molar-refractivity contribution is 5.79. The zero-order chi connectivity index (χ0) is 12.7. The Hall–Kier alpha value is -1.47. The van der Waals surface area contributed by atoms with Crippen molar-refractivity contribution >= 4 is 5.91 Å². The monoisotopic (exact) mass is 242 g/mol. The summed E-state index contributed by atoms with van der Waals surface area (Å²) < 4.78 is 6.41. The summed E-state index contributed by atoms with van der Waals surface area (Å²) in [7, 11) is 1.57. The van der Waals surface area contributed by atoms with Gasteiger partial charge < -0.3 is 14.7 Å². The Morgan fingerprint density at radius 3 is 2.88 bits per heavy atom. The Bertz CT molecular complexity index is 328. The Morgan fingerprint density at radius 2 is 2.35 bits per heavy atom. The van der Waals surface area contributed by atoms with Gasteiger partial charge in [-0.05, 0) is 6.92 Å². The molecule has 1 aromatic rings. The van der Waals surface area contributed by atoms with E-state index in [-0.39, 0.29) is 12.5 Å². The van der Waals surface area contributed by atoms with Gasteiger partial charge in [0, 0.05) is 20.2 Å². The molecule has 0 aliphatic carbocycles. The number of aliphatic hydroxyl groups is 1. The molecular weight excluding hydrogens is 224 g/mol. The van der Waals surface area contributed by atoms with Gasteiger partial charge in [0.1, 0.15) is 18.7 Å². The van der Waals surface area contributed by atoms with Crippen molar-refractivity contribution in [3.63, 3.8) is 0 Å². The highest BCUT2D eigenvalue weighted by Gasteiger charge is 2.21. The summed E-state index contributed by atoms with van der Waals surface area (Å²) in [6.07, 6.45) is 2.88. The maximum atomic E-state index is 12.1. The predicted molar refractivity (Wildman–Crippen MR) is 60.3 cm³/mol. The number of hydrogen-bond acceptors (Lipinski definition) is 5. The number of carbonyl (C=O) groups is 1. The Labute approximate surface area is 100 Å². The molecule has 7 heteroatoms. The third-order valence-corrected chi connectivity index (χ3v) is 2.44. The third-order valence-electron chi connectivity index (χ3n) is 2.44. The van der Waals surface area contributed by atoms with Gasteiger partial charge in [0.15, 0.2) is 0 Å². The lowest BCUT2D eigenvalue weighted by Gasteiger charge is -2.24. The van der Waals surface area contributed by atoms with Gasteiger partial charge in [-0.2, -0.15) is 5.10 Å². The number of nitrogens with zero attached hydrogens (tertiary/aromatic N) is 4. The van der Waals surface area contributed by atoms with Crippen LogP contribution in [0.1, 0.15) is 13.0 Å². The lowest BCUT2D eigenvalue weighted by molar-refractivity contribution is -0.135. The molecule has 0 spiro atoms. The molecule has 1 atom stereocenters. The zero-order valence-electron chi connectivity index (χ0n) is 10.1. The summed E-state index contributed by atoms with van der Waals surface area (Å²) in [5.41, 5.74) is 0. The van der Waals surface area contributed by atoms with Gasteiger partial charge in [0.25, 0.3) is 0 Å². The fourth-order valence-corrected chi connectivity index (χ4v) is 1.45. The minimum Gasteiger partial charge on any atom is -0.395 e. The van der Waals surface area contributed by atoms with E-state index in [0.717, 1.165) is 0 Å². The number of rotatable bonds is 7. The van der Waals surface area contributed by atoms with Gasteiger partial charge in [0.05, 0.1) is 13.2 Å². The molecule has 0 saturated heterocycles. The summed E-state index contributed by atoms with van der Waals surface area (Å²) in [5.74, 6) is -0.110. The first kappa shape index (κ1) is 13.6. The highest BCUT2D eigenvalue weighted by atomic mass is 16.5. The molecule has 1 aromatic heterocycles. The van der Waals surface area contributed by atoms with Crippen LogP contribution in [0, 0.1) is 0 Å². The van der Waals surface area contributed by atoms with Gasteiger partial charge in [-0.25, -0.2) is 9.67 Å². The first-order chi connectivity index (χ1) is 8.20. The molecule has 1 heterocycles. The molecule has 0 bridgehead atoms. The van der Waals surface area contributed by atoms with Crippen molar-refractivity contribution in [2.75, 3.05) is 33.4 Å². The van der Waals surface area contributed by atoms with Gasteiger partial charge in [-0.1, -0.05) is 0 Å². The molecular formula is C10H18N4O3. The Balaban J connectivity index is 2.63. The Morgan fingerprint density at radius 1 is 1.59 bits per heavy atom. The van der Waals surface area contributed by atoms with E-state index in [1.54, 1.807) is 18.9 Å². The molecule has 1 amide bonds. The van der Waals surface area contributed by atoms with Crippen LogP contribution in [0.2, 0.25) is 0 Å². The van der Waals surface area contributed by atoms with Crippen LogP contribution < -0.4 is 0 Å². The molecule has 1 unspecified atom stereocenters. The van der Waals surface area contributed by atoms with Crippen LogP contribution in [-0.4, -0.2) is 64.1 Å². The second-order valence-corrected chi connectivity index (χ2v) is 3.59. The summed E-state index contributed by atoms with van der Waals surface area (Å²) in [6, 6.07) is -0.430. The molecule has 1 rings (SSSR count). The van der Waals surface area contributed by atoms with E-state index in [4.69, 9.17) is 9.84 Å². The number of carbonyl (C=O) groups excluding carboxylic acids is 1. The number of ether oxygens (including phenoxy) is 1. The lowest BCUT2D eigenvalue weighted by Crippen LogP contribution is -2.40. The van der Waals surface area contributed by atoms with Crippen molar-refractivity contribution in [2.45, 2.75) is 13.0 Å². The molecule has 0 aromatic carbocycles. The van der Waals surface area contributed by atoms with Gasteiger partial charge in [-0.3, -0.25) is 4.79 Å². The quantitative estimate of drug-likeness (QED) is 0.684. The number of aromatic nitrogens is 3. The van der Waals surface area contributed by atoms with Crippen LogP contribution in [0.3, 0.4) is 0 Å². The van der Waals surface area contributed by atoms with Crippen molar-refractivity contribution in [3.05, 3.63) is 12.7 Å². The van der Waals surface area contributed by atoms with Crippen molar-refractivity contribution in [1.29, 1.82) is 0 Å². The third kappa shape index (κ3) is 3.79. The predicted octanol–water partition coefficient (Wildman–Crippen LogP) is -0.694. The molecule has 7 nitrogen and oxygen atoms in total. The maximum absolute atomic E-state index is 12.1. The fourth-order valence-electron chi connectivity index (χ4n) is 1.45. The van der Waals surface area contributed by atoms with Crippen LogP contribution in [-0.2, 0) is 9.53 Å². The van der Waals surface area contributed by atoms with E-state index in [1.165, 1.54) is 17.3 Å². The largest absolute Gasteiger partial charge is 0.395 e. The zero-order valence-corrected chi connectivity index (χ0v) is 10.1. The second-order valence-electron chi connectivity index (χ2n) is 3.59. The molecule has 0 aliphatic rings. The van der Waals surface area contributed by atoms with E-state index in [9.17, 15) is 4.79 Å². The standard InChI is InChI=1S/C10H18N4O3/c1-9(14-8-11-7-12-14)10(16)13(3-5-15)4-6-17-2/h7-9,15H,3-6H2,1-2H3. The number of aliphatic hydroxyl groups excluding tert-OH is 1. The molecule has 0 fully saturated rings. The van der Waals surface area contributed by atoms with E-state index in [2.05, 4.69) is 10.1 Å². The topological polar surface area (TPSA) is 80.5 Å². The van der Waals surface area contributed by atoms with E-state index < -0.39 is 6.04 Å². The SMILES string of the molecule is COCCN(CCO)C(=O)C(C)n1cncn1. The van der Waals surface area contributed by atoms with Crippen molar-refractivity contribution in [3.8, 4) is 0 Å². The highest BCUT2D eigenvalue weighted by Crippen LogP contribution is 2.07. The molecule has 0 aliphatic heterocycles. The molecule has 96 valence electrons. The summed E-state index contributed by atoms with van der Waals surface area (Å²) in [4.78, 5) is 17.5. The van der Waals surface area contributed by atoms with E-state index in [0.29, 0.717) is 19.7 Å². The average molecular weight is 242 g/mol. The fraction of sp³-hybridized carbons (Fsp3) is 0.700. The molecule has 17 heavy (non-hydrogen) atoms. The number of hydrogen-bond donors (Lipinski definition) is 1. The first-order valence-electron chi connectivity index (χ1n) is 5.43. The van der Waals surface area contributed by atoms with Crippen LogP contribution >= 0.6 is 0 Å². The van der Waals surface area contributed by atoms with Crippen LogP contribution in [0.15, 0.2) is 12.7 Å². The molecule has 0 radical (unpaired) electrons. The van der Waals surface area contributed by atoms with Gasteiger partial charge in [-0.15, -0.1) is 0 Å². The van der Waals surface area contributed by atoms with E-state index in [1.807, 2.05) is 0 Å². The minimum atomic E-state index is -0.430. The lowest BCUT2D eigenvalue weighted by atomic mass is 10.3. The summed E-state index contributed by atoms with van der Waals surface area (Å²) in [6.45, 7) is 2.86. The van der Waals surface area contributed by atoms with Gasteiger partial charge in [0.2, 0.25) is 5.91 Å². The van der Waals surface area contributed by atoms with Crippen molar-refractivity contribution < 1.29 is 14.6 Å². The normalized spacial score (nSPS) is 12.4. The average Bonchev–Trinajstić information content (AvgIpc) is 2.86. The van der Waals surface area contributed by atoms with E-state index >= 15 is 0 Å². The smallest absolute Gasteiger partial charge is 0.247 e. The summed E-state index contributed by atoms with van der Waals surface area (Å²) >= 11 is 0. The first-order valence-corrected chi connectivity index (χ1v) is 5.43. The molecule has 0 saturated carbocycles. The van der Waals surface area contributed by atoms with Crippen molar-refractivity contribution in [1.82, 2.24) is 19.7 Å². The Kier molecular flexibility index (Phi) is 5.58.